The van der Waals surface area contributed by atoms with Crippen molar-refractivity contribution >= 4 is 33.2 Å². The van der Waals surface area contributed by atoms with Gasteiger partial charge in [-0.15, -0.1) is 0 Å². The van der Waals surface area contributed by atoms with Gasteiger partial charge in [0.1, 0.15) is 18.0 Å². The SMILES string of the molecule is CO[C@@]1(C#CCCO)/C=C/C[C@H](C)[C@@H](C)S(=O)(=O)NC(=O)c2ccc3c(c2)N(CCCCc2cc(Cl)ccc2CO3)C[C@@H]2CC[C@H]21. The van der Waals surface area contributed by atoms with Gasteiger partial charge in [-0.1, -0.05) is 42.5 Å². The fraction of sp³-hybridized carbons (Fsp3) is 0.528. The highest BCUT2D eigenvalue weighted by atomic mass is 35.5. The Morgan fingerprint density at radius 2 is 1.98 bits per heavy atom. The second-order valence-electron chi connectivity index (χ2n) is 12.8. The van der Waals surface area contributed by atoms with E-state index >= 15 is 0 Å². The Morgan fingerprint density at radius 1 is 1.15 bits per heavy atom. The molecule has 5 atom stereocenters. The number of aliphatic hydroxyl groups excluding tert-OH is 1. The Bertz CT molecular complexity index is 1620. The van der Waals surface area contributed by atoms with Crippen LogP contribution in [0.1, 0.15) is 73.9 Å². The standard InChI is InChI=1S/C36H45ClN2O6S/c1-25-9-8-18-36(44-3,17-5-7-20-40)32-15-12-29(32)23-39-19-6-4-10-27-21-31(37)14-11-30(27)24-45-34-16-13-28(22-33(34)39)35(41)38-46(42,43)26(25)2/h8,11,13-14,16,18,21-22,25-26,29,32,40H,4,6-7,9-10,12,15,19-20,23-24H2,1-3H3,(H,38,41)/b18-8+/t25-,26+,29-,32+,36-/m0/s1. The third kappa shape index (κ3) is 7.57. The minimum atomic E-state index is -3.97. The number of sulfonamides is 1. The number of nitrogens with one attached hydrogen (secondary N) is 1. The first-order chi connectivity index (χ1) is 22.1. The molecule has 2 heterocycles. The molecule has 0 radical (unpaired) electrons. The molecule has 3 aliphatic rings. The summed E-state index contributed by atoms with van der Waals surface area (Å²) in [5, 5.41) is 9.32. The van der Waals surface area contributed by atoms with E-state index in [4.69, 9.17) is 21.1 Å². The van der Waals surface area contributed by atoms with E-state index < -0.39 is 26.8 Å². The molecular weight excluding hydrogens is 624 g/mol. The molecule has 2 aromatic carbocycles. The van der Waals surface area contributed by atoms with Crippen molar-refractivity contribution in [3.63, 3.8) is 0 Å². The maximum absolute atomic E-state index is 13.4. The number of nitrogens with zero attached hydrogens (tertiary/aromatic N) is 1. The van der Waals surface area contributed by atoms with Gasteiger partial charge in [0.05, 0.1) is 17.5 Å². The van der Waals surface area contributed by atoms with Crippen molar-refractivity contribution in [2.75, 3.05) is 31.7 Å². The molecule has 1 saturated carbocycles. The van der Waals surface area contributed by atoms with Crippen molar-refractivity contribution in [2.45, 2.75) is 76.3 Å². The zero-order valence-corrected chi connectivity index (χ0v) is 28.5. The second kappa shape index (κ2) is 14.8. The molecule has 1 aliphatic carbocycles. The lowest BCUT2D eigenvalue weighted by atomic mass is 9.64. The number of methoxy groups -OCH3 is 1. The number of fused-ring (bicyclic) bond motifs is 3. The van der Waals surface area contributed by atoms with E-state index in [9.17, 15) is 18.3 Å². The van der Waals surface area contributed by atoms with E-state index in [0.717, 1.165) is 55.5 Å². The molecule has 1 fully saturated rings. The zero-order valence-electron chi connectivity index (χ0n) is 26.9. The van der Waals surface area contributed by atoms with Crippen LogP contribution in [0.2, 0.25) is 5.02 Å². The Balaban J connectivity index is 1.59. The predicted octanol–water partition coefficient (Wildman–Crippen LogP) is 5.90. The molecule has 0 aromatic heterocycles. The number of halogens is 1. The monoisotopic (exact) mass is 668 g/mol. The summed E-state index contributed by atoms with van der Waals surface area (Å²) in [4.78, 5) is 15.7. The number of benzene rings is 2. The molecule has 0 saturated heterocycles. The van der Waals surface area contributed by atoms with E-state index in [1.807, 2.05) is 37.3 Å². The number of hydrogen-bond donors (Lipinski definition) is 2. The van der Waals surface area contributed by atoms with Crippen molar-refractivity contribution in [3.8, 4) is 17.6 Å². The number of aliphatic hydroxyl groups is 1. The van der Waals surface area contributed by atoms with Gasteiger partial charge in [-0.05, 0) is 105 Å². The summed E-state index contributed by atoms with van der Waals surface area (Å²) in [6, 6.07) is 11.0. The van der Waals surface area contributed by atoms with Gasteiger partial charge in [-0.3, -0.25) is 4.79 Å². The maximum atomic E-state index is 13.4. The molecule has 2 aliphatic heterocycles. The summed E-state index contributed by atoms with van der Waals surface area (Å²) < 4.78 is 41.7. The molecule has 8 nitrogen and oxygen atoms in total. The highest BCUT2D eigenvalue weighted by Gasteiger charge is 2.46. The number of allylic oxidation sites excluding steroid dienone is 1. The van der Waals surface area contributed by atoms with Crippen molar-refractivity contribution in [1.82, 2.24) is 4.72 Å². The highest BCUT2D eigenvalue weighted by molar-refractivity contribution is 7.90. The average Bonchev–Trinajstić information content (AvgIpc) is 3.05. The molecule has 0 spiro atoms. The lowest BCUT2D eigenvalue weighted by Crippen LogP contribution is -2.50. The normalized spacial score (nSPS) is 28.8. The van der Waals surface area contributed by atoms with Crippen molar-refractivity contribution in [3.05, 3.63) is 70.3 Å². The summed E-state index contributed by atoms with van der Waals surface area (Å²) in [6.07, 6.45) is 9.39. The van der Waals surface area contributed by atoms with Crippen LogP contribution in [0, 0.1) is 29.6 Å². The summed E-state index contributed by atoms with van der Waals surface area (Å²) in [7, 11) is -2.30. The summed E-state index contributed by atoms with van der Waals surface area (Å²) in [5.41, 5.74) is 2.37. The first-order valence-electron chi connectivity index (χ1n) is 16.3. The van der Waals surface area contributed by atoms with Crippen LogP contribution in [0.15, 0.2) is 48.6 Å². The quantitative estimate of drug-likeness (QED) is 0.303. The lowest BCUT2D eigenvalue weighted by molar-refractivity contribution is -0.0349. The molecule has 5 rings (SSSR count). The van der Waals surface area contributed by atoms with Crippen LogP contribution in [0.25, 0.3) is 0 Å². The summed E-state index contributed by atoms with van der Waals surface area (Å²) in [6.45, 7) is 5.20. The van der Waals surface area contributed by atoms with Gasteiger partial charge in [0, 0.05) is 43.1 Å². The first-order valence-corrected chi connectivity index (χ1v) is 18.2. The Kier molecular flexibility index (Phi) is 11.0. The van der Waals surface area contributed by atoms with E-state index in [1.165, 1.54) is 0 Å². The van der Waals surface area contributed by atoms with E-state index in [1.54, 1.807) is 32.2 Å². The minimum Gasteiger partial charge on any atom is -0.487 e. The van der Waals surface area contributed by atoms with Gasteiger partial charge in [0.2, 0.25) is 10.0 Å². The number of carbonyl (C=O) groups excluding carboxylic acids is 1. The first kappa shape index (κ1) is 34.3. The van der Waals surface area contributed by atoms with Crippen molar-refractivity contribution in [2.24, 2.45) is 17.8 Å². The highest BCUT2D eigenvalue weighted by Crippen LogP contribution is 2.46. The van der Waals surface area contributed by atoms with E-state index in [0.29, 0.717) is 36.8 Å². The second-order valence-corrected chi connectivity index (χ2v) is 15.3. The van der Waals surface area contributed by atoms with E-state index in [-0.39, 0.29) is 29.9 Å². The van der Waals surface area contributed by atoms with Crippen LogP contribution in [0.3, 0.4) is 0 Å². The molecule has 0 unspecified atom stereocenters. The zero-order chi connectivity index (χ0) is 32.9. The van der Waals surface area contributed by atoms with E-state index in [2.05, 4.69) is 21.5 Å². The topological polar surface area (TPSA) is 105 Å². The van der Waals surface area contributed by atoms with Crippen LogP contribution < -0.4 is 14.4 Å². The minimum absolute atomic E-state index is 0.0360. The Morgan fingerprint density at radius 3 is 2.72 bits per heavy atom. The van der Waals surface area contributed by atoms with Gasteiger partial charge in [-0.2, -0.15) is 0 Å². The average molecular weight is 669 g/mol. The third-order valence-electron chi connectivity index (χ3n) is 9.92. The smallest absolute Gasteiger partial charge is 0.264 e. The number of rotatable bonds is 2. The van der Waals surface area contributed by atoms with Crippen molar-refractivity contribution in [1.29, 1.82) is 0 Å². The summed E-state index contributed by atoms with van der Waals surface area (Å²) in [5.74, 6) is 6.48. The largest absolute Gasteiger partial charge is 0.487 e. The predicted molar refractivity (Wildman–Crippen MR) is 182 cm³/mol. The van der Waals surface area contributed by atoms with Crippen molar-refractivity contribution < 1.29 is 27.8 Å². The number of amides is 1. The van der Waals surface area contributed by atoms with Gasteiger partial charge in [0.25, 0.3) is 5.91 Å². The molecule has 46 heavy (non-hydrogen) atoms. The fourth-order valence-electron chi connectivity index (χ4n) is 6.74. The van der Waals surface area contributed by atoms with Gasteiger partial charge in [0.15, 0.2) is 0 Å². The Hall–Kier alpha value is -3.03. The summed E-state index contributed by atoms with van der Waals surface area (Å²) >= 11 is 6.34. The van der Waals surface area contributed by atoms with Crippen LogP contribution in [-0.4, -0.2) is 57.1 Å². The molecule has 248 valence electrons. The number of aryl methyl sites for hydroxylation is 1. The molecule has 1 amide bonds. The van der Waals surface area contributed by atoms with Gasteiger partial charge < -0.3 is 19.5 Å². The van der Waals surface area contributed by atoms with Crippen LogP contribution >= 0.6 is 11.6 Å². The molecule has 2 bridgehead atoms. The number of hydrogen-bond acceptors (Lipinski definition) is 7. The lowest BCUT2D eigenvalue weighted by Gasteiger charge is -2.47. The molecular formula is C36H45ClN2O6S. The molecule has 2 N–H and O–H groups in total. The Labute approximate surface area is 278 Å². The van der Waals surface area contributed by atoms with Crippen LogP contribution in [0.4, 0.5) is 5.69 Å². The molecule has 2 aromatic rings. The van der Waals surface area contributed by atoms with Crippen LogP contribution in [0.5, 0.6) is 5.75 Å². The molecule has 10 heteroatoms. The number of ether oxygens (including phenoxy) is 2. The third-order valence-corrected chi connectivity index (χ3v) is 12.1. The van der Waals surface area contributed by atoms with Gasteiger partial charge >= 0.3 is 0 Å². The fourth-order valence-corrected chi connectivity index (χ4v) is 8.22. The van der Waals surface area contributed by atoms with Gasteiger partial charge in [-0.25, -0.2) is 13.1 Å². The maximum Gasteiger partial charge on any atom is 0.264 e. The number of carbonyl (C=O) groups is 1. The van der Waals surface area contributed by atoms with Crippen LogP contribution in [-0.2, 0) is 27.8 Å². The number of anilines is 1.